The van der Waals surface area contributed by atoms with Gasteiger partial charge in [-0.05, 0) is 31.9 Å². The summed E-state index contributed by atoms with van der Waals surface area (Å²) in [6.45, 7) is 2.20. The van der Waals surface area contributed by atoms with Crippen LogP contribution in [0.3, 0.4) is 0 Å². The fraction of sp³-hybridized carbons (Fsp3) is 0.417. The summed E-state index contributed by atoms with van der Waals surface area (Å²) in [6.07, 6.45) is 2.66. The molecular weight excluding hydrogens is 204 g/mol. The molecule has 1 aliphatic rings. The van der Waals surface area contributed by atoms with E-state index in [2.05, 4.69) is 35.4 Å². The van der Waals surface area contributed by atoms with E-state index in [4.69, 9.17) is 0 Å². The molecule has 15 heavy (non-hydrogen) atoms. The Hall–Kier alpha value is -0.930. The van der Waals surface area contributed by atoms with Crippen LogP contribution in [0.5, 0.6) is 0 Å². The highest BCUT2D eigenvalue weighted by atomic mass is 32.1. The molecule has 1 N–H and O–H groups in total. The summed E-state index contributed by atoms with van der Waals surface area (Å²) in [7, 11) is 0. The molecule has 78 valence electrons. The van der Waals surface area contributed by atoms with Gasteiger partial charge in [-0.3, -0.25) is 0 Å². The molecule has 1 aromatic heterocycles. The maximum absolute atomic E-state index is 4.65. The number of hydrogen-bond acceptors (Lipinski definition) is 3. The minimum atomic E-state index is 0.398. The predicted molar refractivity (Wildman–Crippen MR) is 64.2 cm³/mol. The first-order chi connectivity index (χ1) is 7.33. The monoisotopic (exact) mass is 218 g/mol. The summed E-state index contributed by atoms with van der Waals surface area (Å²) in [4.78, 5) is 4.65. The van der Waals surface area contributed by atoms with E-state index in [1.165, 1.54) is 22.5 Å². The molecule has 0 amide bonds. The van der Waals surface area contributed by atoms with E-state index in [-0.39, 0.29) is 0 Å². The molecule has 1 saturated carbocycles. The number of benzene rings is 1. The maximum Gasteiger partial charge on any atom is 0.111 e. The van der Waals surface area contributed by atoms with Crippen molar-refractivity contribution in [1.82, 2.24) is 10.3 Å². The number of thiazole rings is 1. The van der Waals surface area contributed by atoms with Crippen molar-refractivity contribution in [3.8, 4) is 0 Å². The topological polar surface area (TPSA) is 24.9 Å². The van der Waals surface area contributed by atoms with E-state index >= 15 is 0 Å². The van der Waals surface area contributed by atoms with Gasteiger partial charge in [-0.25, -0.2) is 4.98 Å². The Kier molecular flexibility index (Phi) is 2.22. The molecule has 3 heteroatoms. The molecule has 0 radical (unpaired) electrons. The lowest BCUT2D eigenvalue weighted by Crippen LogP contribution is -2.20. The first-order valence-electron chi connectivity index (χ1n) is 5.44. The quantitative estimate of drug-likeness (QED) is 0.856. The molecule has 2 nitrogen and oxygen atoms in total. The fourth-order valence-electron chi connectivity index (χ4n) is 1.75. The summed E-state index contributed by atoms with van der Waals surface area (Å²) >= 11 is 1.80. The molecule has 1 aliphatic carbocycles. The molecule has 0 spiro atoms. The van der Waals surface area contributed by atoms with Gasteiger partial charge in [0, 0.05) is 6.04 Å². The lowest BCUT2D eigenvalue weighted by atomic mass is 10.3. The molecule has 1 fully saturated rings. The highest BCUT2D eigenvalue weighted by Crippen LogP contribution is 2.29. The molecule has 1 heterocycles. The Bertz CT molecular complexity index is 440. The molecular formula is C12H14N2S. The van der Waals surface area contributed by atoms with Crippen LogP contribution in [-0.4, -0.2) is 11.0 Å². The van der Waals surface area contributed by atoms with Crippen LogP contribution >= 0.6 is 11.3 Å². The highest BCUT2D eigenvalue weighted by molar-refractivity contribution is 7.18. The number of aromatic nitrogens is 1. The third-order valence-electron chi connectivity index (χ3n) is 2.74. The highest BCUT2D eigenvalue weighted by Gasteiger charge is 2.24. The van der Waals surface area contributed by atoms with Crippen LogP contribution in [-0.2, 0) is 0 Å². The van der Waals surface area contributed by atoms with Crippen molar-refractivity contribution in [1.29, 1.82) is 0 Å². The lowest BCUT2D eigenvalue weighted by molar-refractivity contribution is 0.569. The second-order valence-corrected chi connectivity index (χ2v) is 5.24. The van der Waals surface area contributed by atoms with Crippen molar-refractivity contribution < 1.29 is 0 Å². The van der Waals surface area contributed by atoms with Crippen LogP contribution in [0.4, 0.5) is 0 Å². The largest absolute Gasteiger partial charge is 0.305 e. The summed E-state index contributed by atoms with van der Waals surface area (Å²) in [5.41, 5.74) is 1.13. The van der Waals surface area contributed by atoms with E-state index in [1.54, 1.807) is 11.3 Å². The van der Waals surface area contributed by atoms with Crippen LogP contribution in [0.15, 0.2) is 24.3 Å². The fourth-order valence-corrected chi connectivity index (χ4v) is 2.73. The standard InChI is InChI=1S/C12H14N2S/c1-8(13-9-6-7-9)12-14-10-4-2-3-5-11(10)15-12/h2-5,8-9,13H,6-7H2,1H3. The minimum absolute atomic E-state index is 0.398. The van der Waals surface area contributed by atoms with Gasteiger partial charge >= 0.3 is 0 Å². The Morgan fingerprint density at radius 2 is 2.20 bits per heavy atom. The second-order valence-electron chi connectivity index (χ2n) is 4.18. The van der Waals surface area contributed by atoms with Crippen molar-refractivity contribution in [3.63, 3.8) is 0 Å². The molecule has 1 atom stereocenters. The average molecular weight is 218 g/mol. The van der Waals surface area contributed by atoms with Gasteiger partial charge in [0.2, 0.25) is 0 Å². The van der Waals surface area contributed by atoms with Crippen molar-refractivity contribution in [2.45, 2.75) is 31.8 Å². The average Bonchev–Trinajstić information content (AvgIpc) is 2.95. The van der Waals surface area contributed by atoms with E-state index < -0.39 is 0 Å². The minimum Gasteiger partial charge on any atom is -0.305 e. The van der Waals surface area contributed by atoms with E-state index in [9.17, 15) is 0 Å². The molecule has 2 aromatic rings. The van der Waals surface area contributed by atoms with Gasteiger partial charge in [-0.2, -0.15) is 0 Å². The predicted octanol–water partition coefficient (Wildman–Crippen LogP) is 3.11. The third kappa shape index (κ3) is 1.90. The van der Waals surface area contributed by atoms with Gasteiger partial charge in [0.15, 0.2) is 0 Å². The van der Waals surface area contributed by atoms with Gasteiger partial charge in [-0.1, -0.05) is 12.1 Å². The second kappa shape index (κ2) is 3.58. The Morgan fingerprint density at radius 1 is 1.40 bits per heavy atom. The van der Waals surface area contributed by atoms with Gasteiger partial charge < -0.3 is 5.32 Å². The van der Waals surface area contributed by atoms with Gasteiger partial charge in [0.05, 0.1) is 16.3 Å². The smallest absolute Gasteiger partial charge is 0.111 e. The van der Waals surface area contributed by atoms with Crippen LogP contribution < -0.4 is 5.32 Å². The SMILES string of the molecule is CC(NC1CC1)c1nc2ccccc2s1. The Labute approximate surface area is 93.3 Å². The Balaban J connectivity index is 1.89. The van der Waals surface area contributed by atoms with Gasteiger partial charge in [0.25, 0.3) is 0 Å². The van der Waals surface area contributed by atoms with Crippen molar-refractivity contribution in [2.24, 2.45) is 0 Å². The zero-order chi connectivity index (χ0) is 10.3. The molecule has 3 rings (SSSR count). The van der Waals surface area contributed by atoms with Crippen molar-refractivity contribution in [2.75, 3.05) is 0 Å². The molecule has 0 aliphatic heterocycles. The molecule has 0 bridgehead atoms. The zero-order valence-electron chi connectivity index (χ0n) is 8.73. The first kappa shape index (κ1) is 9.31. The van der Waals surface area contributed by atoms with E-state index in [1.807, 2.05) is 6.07 Å². The molecule has 0 saturated heterocycles. The summed E-state index contributed by atoms with van der Waals surface area (Å²) in [5, 5.41) is 4.79. The normalized spacial score (nSPS) is 18.2. The zero-order valence-corrected chi connectivity index (χ0v) is 9.55. The van der Waals surface area contributed by atoms with E-state index in [0.29, 0.717) is 6.04 Å². The van der Waals surface area contributed by atoms with E-state index in [0.717, 1.165) is 11.6 Å². The number of fused-ring (bicyclic) bond motifs is 1. The van der Waals surface area contributed by atoms with Gasteiger partial charge in [-0.15, -0.1) is 11.3 Å². The van der Waals surface area contributed by atoms with Crippen LogP contribution in [0, 0.1) is 0 Å². The van der Waals surface area contributed by atoms with Crippen molar-refractivity contribution in [3.05, 3.63) is 29.3 Å². The summed E-state index contributed by atoms with van der Waals surface area (Å²) in [6, 6.07) is 9.48. The molecule has 1 aromatic carbocycles. The number of nitrogens with one attached hydrogen (secondary N) is 1. The number of hydrogen-bond donors (Lipinski definition) is 1. The van der Waals surface area contributed by atoms with Crippen LogP contribution in [0.1, 0.15) is 30.8 Å². The summed E-state index contributed by atoms with van der Waals surface area (Å²) in [5.74, 6) is 0. The van der Waals surface area contributed by atoms with Gasteiger partial charge in [0.1, 0.15) is 5.01 Å². The lowest BCUT2D eigenvalue weighted by Gasteiger charge is -2.08. The van der Waals surface area contributed by atoms with Crippen LogP contribution in [0.2, 0.25) is 0 Å². The summed E-state index contributed by atoms with van der Waals surface area (Å²) < 4.78 is 1.29. The Morgan fingerprint density at radius 3 is 2.93 bits per heavy atom. The number of para-hydroxylation sites is 1. The maximum atomic E-state index is 4.65. The number of nitrogens with zero attached hydrogens (tertiary/aromatic N) is 1. The third-order valence-corrected chi connectivity index (χ3v) is 3.96. The first-order valence-corrected chi connectivity index (χ1v) is 6.26. The van der Waals surface area contributed by atoms with Crippen molar-refractivity contribution >= 4 is 21.6 Å². The molecule has 1 unspecified atom stereocenters. The van der Waals surface area contributed by atoms with Crippen LogP contribution in [0.25, 0.3) is 10.2 Å². The number of rotatable bonds is 3.